The molecule has 4 rings (SSSR count). The lowest BCUT2D eigenvalue weighted by atomic mass is 10.1. The molecule has 0 spiro atoms. The lowest BCUT2D eigenvalue weighted by Crippen LogP contribution is -2.19. The third-order valence-corrected chi connectivity index (χ3v) is 4.26. The number of carboxylic acid groups (broad SMARTS) is 1. The third-order valence-electron chi connectivity index (χ3n) is 4.26. The summed E-state index contributed by atoms with van der Waals surface area (Å²) in [6.45, 7) is 1.90. The van der Waals surface area contributed by atoms with Crippen molar-refractivity contribution in [3.8, 4) is 0 Å². The number of rotatable bonds is 3. The minimum atomic E-state index is -1.30. The number of pyridine rings is 1. The molecule has 0 aliphatic heterocycles. The number of carboxylic acids is 1. The zero-order valence-electron chi connectivity index (χ0n) is 12.4. The summed E-state index contributed by atoms with van der Waals surface area (Å²) in [5.74, 6) is -1.29. The highest BCUT2D eigenvalue weighted by Gasteiger charge is 2.28. The van der Waals surface area contributed by atoms with Crippen LogP contribution in [0.15, 0.2) is 17.1 Å². The monoisotopic (exact) mass is 315 g/mol. The number of benzene rings is 1. The Morgan fingerprint density at radius 2 is 2.26 bits per heavy atom. The van der Waals surface area contributed by atoms with Crippen LogP contribution in [0.25, 0.3) is 21.9 Å². The Morgan fingerprint density at radius 1 is 1.52 bits per heavy atom. The van der Waals surface area contributed by atoms with E-state index in [-0.39, 0.29) is 22.5 Å². The van der Waals surface area contributed by atoms with E-state index in [9.17, 15) is 19.1 Å². The molecule has 7 heteroatoms. The number of aromatic amines is 1. The van der Waals surface area contributed by atoms with Gasteiger partial charge < -0.3 is 14.7 Å². The van der Waals surface area contributed by atoms with Crippen molar-refractivity contribution in [2.45, 2.75) is 32.2 Å². The predicted molar refractivity (Wildman–Crippen MR) is 82.4 cm³/mol. The van der Waals surface area contributed by atoms with Crippen LogP contribution in [0, 0.1) is 5.82 Å². The zero-order valence-corrected chi connectivity index (χ0v) is 12.4. The maximum Gasteiger partial charge on any atom is 0.341 e. The standard InChI is InChI=1S/C16H14FN3O3/c1-2-11-18-12-10(17)5-8-14(13(12)19-11)20(7-3-4-7)6-9(15(8)21)16(22)23/h5-7H,2-4H2,1H3,(H,18,19)(H,22,23). The molecule has 1 fully saturated rings. The largest absolute Gasteiger partial charge is 0.477 e. The molecule has 0 bridgehead atoms. The van der Waals surface area contributed by atoms with Crippen molar-refractivity contribution in [2.24, 2.45) is 0 Å². The molecule has 23 heavy (non-hydrogen) atoms. The van der Waals surface area contributed by atoms with Gasteiger partial charge >= 0.3 is 5.97 Å². The first kappa shape index (κ1) is 13.9. The number of aromatic nitrogens is 3. The molecular weight excluding hydrogens is 301 g/mol. The van der Waals surface area contributed by atoms with Crippen molar-refractivity contribution in [1.82, 2.24) is 14.5 Å². The van der Waals surface area contributed by atoms with E-state index in [0.717, 1.165) is 18.9 Å². The number of hydrogen-bond acceptors (Lipinski definition) is 3. The molecule has 3 aromatic rings. The Kier molecular flexibility index (Phi) is 2.81. The van der Waals surface area contributed by atoms with Crippen molar-refractivity contribution in [2.75, 3.05) is 0 Å². The Balaban J connectivity index is 2.23. The van der Waals surface area contributed by atoms with Crippen molar-refractivity contribution < 1.29 is 14.3 Å². The fourth-order valence-corrected chi connectivity index (χ4v) is 2.97. The smallest absolute Gasteiger partial charge is 0.341 e. The minimum Gasteiger partial charge on any atom is -0.477 e. The summed E-state index contributed by atoms with van der Waals surface area (Å²) in [7, 11) is 0. The van der Waals surface area contributed by atoms with Gasteiger partial charge in [-0.1, -0.05) is 6.92 Å². The first-order chi connectivity index (χ1) is 11.0. The molecule has 1 aromatic carbocycles. The highest BCUT2D eigenvalue weighted by Crippen LogP contribution is 2.38. The van der Waals surface area contributed by atoms with Gasteiger partial charge in [-0.3, -0.25) is 4.79 Å². The lowest BCUT2D eigenvalue weighted by Gasteiger charge is -2.12. The molecule has 0 radical (unpaired) electrons. The Labute approximate surface area is 129 Å². The van der Waals surface area contributed by atoms with E-state index in [0.29, 0.717) is 23.3 Å². The molecule has 0 unspecified atom stereocenters. The minimum absolute atomic E-state index is 0.0769. The molecule has 2 N–H and O–H groups in total. The van der Waals surface area contributed by atoms with Gasteiger partial charge in [0.1, 0.15) is 16.9 Å². The number of H-pyrrole nitrogens is 1. The van der Waals surface area contributed by atoms with Gasteiger partial charge in [-0.2, -0.15) is 0 Å². The molecule has 118 valence electrons. The summed E-state index contributed by atoms with van der Waals surface area (Å²) in [6, 6.07) is 1.24. The van der Waals surface area contributed by atoms with Crippen molar-refractivity contribution in [3.63, 3.8) is 0 Å². The van der Waals surface area contributed by atoms with Gasteiger partial charge in [-0.15, -0.1) is 0 Å². The topological polar surface area (TPSA) is 88.0 Å². The maximum atomic E-state index is 14.3. The Bertz CT molecular complexity index is 1030. The van der Waals surface area contributed by atoms with Crippen LogP contribution >= 0.6 is 0 Å². The molecule has 6 nitrogen and oxygen atoms in total. The molecule has 2 aromatic heterocycles. The zero-order chi connectivity index (χ0) is 16.3. The number of halogens is 1. The van der Waals surface area contributed by atoms with E-state index in [1.54, 1.807) is 4.57 Å². The second-order valence-corrected chi connectivity index (χ2v) is 5.83. The van der Waals surface area contributed by atoms with E-state index in [4.69, 9.17) is 0 Å². The van der Waals surface area contributed by atoms with Gasteiger partial charge in [0.05, 0.1) is 16.4 Å². The van der Waals surface area contributed by atoms with Gasteiger partial charge in [0, 0.05) is 18.7 Å². The Hall–Kier alpha value is -2.70. The summed E-state index contributed by atoms with van der Waals surface area (Å²) in [6.07, 6.45) is 3.79. The van der Waals surface area contributed by atoms with Crippen LogP contribution in [0.2, 0.25) is 0 Å². The maximum absolute atomic E-state index is 14.3. The molecule has 2 heterocycles. The summed E-state index contributed by atoms with van der Waals surface area (Å²) in [5.41, 5.74) is 0.173. The number of nitrogens with zero attached hydrogens (tertiary/aromatic N) is 2. The van der Waals surface area contributed by atoms with Crippen molar-refractivity contribution >= 4 is 27.9 Å². The normalized spacial score (nSPS) is 14.7. The van der Waals surface area contributed by atoms with Crippen molar-refractivity contribution in [1.29, 1.82) is 0 Å². The average molecular weight is 315 g/mol. The predicted octanol–water partition coefficient (Wildman–Crippen LogP) is 2.61. The van der Waals surface area contributed by atoms with E-state index in [1.807, 2.05) is 6.92 Å². The van der Waals surface area contributed by atoms with Crippen LogP contribution in [0.5, 0.6) is 0 Å². The van der Waals surface area contributed by atoms with Crippen LogP contribution in [-0.4, -0.2) is 25.6 Å². The summed E-state index contributed by atoms with van der Waals surface area (Å²) in [4.78, 5) is 31.1. The van der Waals surface area contributed by atoms with Crippen molar-refractivity contribution in [3.05, 3.63) is 39.7 Å². The third kappa shape index (κ3) is 1.96. The summed E-state index contributed by atoms with van der Waals surface area (Å²) in [5, 5.41) is 9.33. The first-order valence-corrected chi connectivity index (χ1v) is 7.50. The highest BCUT2D eigenvalue weighted by molar-refractivity contribution is 6.04. The number of aromatic carboxylic acids is 1. The quantitative estimate of drug-likeness (QED) is 0.777. The molecule has 1 aliphatic carbocycles. The second kappa shape index (κ2) is 4.65. The van der Waals surface area contributed by atoms with Gasteiger partial charge in [0.25, 0.3) is 0 Å². The van der Waals surface area contributed by atoms with Crippen LogP contribution in [0.4, 0.5) is 4.39 Å². The highest BCUT2D eigenvalue weighted by atomic mass is 19.1. The Morgan fingerprint density at radius 3 is 2.87 bits per heavy atom. The average Bonchev–Trinajstić information content (AvgIpc) is 3.26. The van der Waals surface area contributed by atoms with Crippen LogP contribution in [-0.2, 0) is 6.42 Å². The van der Waals surface area contributed by atoms with Gasteiger partial charge in [-0.25, -0.2) is 14.2 Å². The van der Waals surface area contributed by atoms with E-state index >= 15 is 0 Å². The van der Waals surface area contributed by atoms with Gasteiger partial charge in [0.2, 0.25) is 5.43 Å². The molecule has 0 amide bonds. The molecule has 1 saturated carbocycles. The molecule has 0 atom stereocenters. The fourth-order valence-electron chi connectivity index (χ4n) is 2.97. The SMILES string of the molecule is CCc1nc2c(F)cc3c(=O)c(C(=O)O)cn(C4CC4)c3c2[nH]1. The fraction of sp³-hybridized carbons (Fsp3) is 0.312. The molecule has 0 saturated heterocycles. The van der Waals surface area contributed by atoms with Crippen LogP contribution in [0.3, 0.4) is 0 Å². The number of nitrogens with one attached hydrogen (secondary N) is 1. The summed E-state index contributed by atoms with van der Waals surface area (Å²) < 4.78 is 16.1. The molecule has 1 aliphatic rings. The molecular formula is C16H14FN3O3. The van der Waals surface area contributed by atoms with E-state index in [1.165, 1.54) is 6.20 Å². The van der Waals surface area contributed by atoms with E-state index in [2.05, 4.69) is 9.97 Å². The van der Waals surface area contributed by atoms with Gasteiger partial charge in [-0.05, 0) is 18.9 Å². The number of fused-ring (bicyclic) bond motifs is 3. The van der Waals surface area contributed by atoms with E-state index < -0.39 is 17.2 Å². The lowest BCUT2D eigenvalue weighted by molar-refractivity contribution is 0.0695. The summed E-state index contributed by atoms with van der Waals surface area (Å²) >= 11 is 0. The number of imidazole rings is 1. The van der Waals surface area contributed by atoms with Crippen LogP contribution < -0.4 is 5.43 Å². The van der Waals surface area contributed by atoms with Gasteiger partial charge in [0.15, 0.2) is 5.82 Å². The first-order valence-electron chi connectivity index (χ1n) is 7.50. The number of hydrogen-bond donors (Lipinski definition) is 2. The second-order valence-electron chi connectivity index (χ2n) is 5.83. The van der Waals surface area contributed by atoms with Crippen LogP contribution in [0.1, 0.15) is 42.0 Å². The number of carbonyl (C=O) groups is 1. The number of aryl methyl sites for hydroxylation is 1.